The molecule has 1 aliphatic carbocycles. The van der Waals surface area contributed by atoms with Crippen molar-refractivity contribution in [1.82, 2.24) is 8.80 Å². The first-order valence-electron chi connectivity index (χ1n) is 19.1. The van der Waals surface area contributed by atoms with Gasteiger partial charge in [-0.2, -0.15) is 0 Å². The monoisotopic (exact) mass is 703 g/mol. The van der Waals surface area contributed by atoms with Crippen molar-refractivity contribution >= 4 is 93.6 Å². The van der Waals surface area contributed by atoms with E-state index in [9.17, 15) is 0 Å². The molecule has 0 unspecified atom stereocenters. The van der Waals surface area contributed by atoms with E-state index in [0.717, 1.165) is 44.5 Å². The number of para-hydroxylation sites is 3. The van der Waals surface area contributed by atoms with E-state index in [1.54, 1.807) is 0 Å². The second-order valence-corrected chi connectivity index (χ2v) is 15.7. The maximum atomic E-state index is 6.35. The lowest BCUT2D eigenvalue weighted by Crippen LogP contribution is -2.16. The standard InChI is InChI=1S/C51H33N3O/c1-51(2)39-16-7-3-15-37(39)48-40(51)17-11-20-44(48)52(30-23-27-47-38(28-30)34-14-6-10-21-46(34)55-47)31-22-26-43-45(29-31)54-42-19-9-5-13-33(42)36-25-24-35-32-12-4-8-18-41(32)53(43)49(35)50(36)54/h3-29H,1-2H3. The van der Waals surface area contributed by atoms with Gasteiger partial charge in [-0.15, -0.1) is 0 Å². The van der Waals surface area contributed by atoms with E-state index >= 15 is 0 Å². The Morgan fingerprint density at radius 2 is 1.04 bits per heavy atom. The molecule has 0 spiro atoms. The molecule has 0 saturated heterocycles. The fourth-order valence-corrected chi connectivity index (χ4v) is 10.2. The quantitative estimate of drug-likeness (QED) is 0.171. The van der Waals surface area contributed by atoms with Crippen molar-refractivity contribution in [3.8, 4) is 11.1 Å². The molecular weight excluding hydrogens is 671 g/mol. The minimum atomic E-state index is -0.131. The number of furan rings is 1. The lowest BCUT2D eigenvalue weighted by molar-refractivity contribution is 0.660. The van der Waals surface area contributed by atoms with Crippen LogP contribution in [0.3, 0.4) is 0 Å². The number of aromatic nitrogens is 2. The van der Waals surface area contributed by atoms with Gasteiger partial charge in [-0.25, -0.2) is 0 Å². The van der Waals surface area contributed by atoms with Crippen LogP contribution in [-0.2, 0) is 5.41 Å². The Bertz CT molecular complexity index is 3590. The fourth-order valence-electron chi connectivity index (χ4n) is 10.2. The highest BCUT2D eigenvalue weighted by molar-refractivity contribution is 6.25. The molecule has 0 atom stereocenters. The summed E-state index contributed by atoms with van der Waals surface area (Å²) in [6.07, 6.45) is 0. The molecule has 0 fully saturated rings. The minimum Gasteiger partial charge on any atom is -0.456 e. The molecule has 0 bridgehead atoms. The average molecular weight is 704 g/mol. The van der Waals surface area contributed by atoms with Gasteiger partial charge in [-0.1, -0.05) is 117 Å². The van der Waals surface area contributed by atoms with Crippen LogP contribution in [0.2, 0.25) is 0 Å². The summed E-state index contributed by atoms with van der Waals surface area (Å²) in [7, 11) is 0. The zero-order valence-electron chi connectivity index (χ0n) is 30.3. The summed E-state index contributed by atoms with van der Waals surface area (Å²) in [5, 5.41) is 7.33. The van der Waals surface area contributed by atoms with Gasteiger partial charge in [0.05, 0.1) is 38.8 Å². The third-order valence-electron chi connectivity index (χ3n) is 12.6. The van der Waals surface area contributed by atoms with Crippen LogP contribution < -0.4 is 4.90 Å². The van der Waals surface area contributed by atoms with E-state index in [4.69, 9.17) is 4.42 Å². The zero-order valence-corrected chi connectivity index (χ0v) is 30.3. The molecule has 13 rings (SSSR count). The molecule has 0 N–H and O–H groups in total. The molecule has 4 aromatic heterocycles. The number of benzene rings is 8. The molecular formula is C51H33N3O. The first-order chi connectivity index (χ1) is 27.1. The van der Waals surface area contributed by atoms with Crippen LogP contribution in [0.15, 0.2) is 168 Å². The maximum absolute atomic E-state index is 6.35. The lowest BCUT2D eigenvalue weighted by atomic mass is 9.82. The highest BCUT2D eigenvalue weighted by Gasteiger charge is 2.38. The van der Waals surface area contributed by atoms with Gasteiger partial charge in [0.15, 0.2) is 0 Å². The van der Waals surface area contributed by atoms with Gasteiger partial charge in [-0.05, 0) is 77.4 Å². The van der Waals surface area contributed by atoms with Gasteiger partial charge in [0.1, 0.15) is 11.2 Å². The Kier molecular flexibility index (Phi) is 5.42. The summed E-state index contributed by atoms with van der Waals surface area (Å²) >= 11 is 0. The van der Waals surface area contributed by atoms with Crippen molar-refractivity contribution in [3.63, 3.8) is 0 Å². The van der Waals surface area contributed by atoms with Crippen molar-refractivity contribution < 1.29 is 4.42 Å². The van der Waals surface area contributed by atoms with Gasteiger partial charge in [0.25, 0.3) is 0 Å². The van der Waals surface area contributed by atoms with Crippen LogP contribution in [0, 0.1) is 0 Å². The molecule has 8 aromatic carbocycles. The van der Waals surface area contributed by atoms with Crippen LogP contribution in [0.25, 0.3) is 87.7 Å². The number of anilines is 3. The molecule has 258 valence electrons. The molecule has 4 nitrogen and oxygen atoms in total. The maximum Gasteiger partial charge on any atom is 0.135 e. The SMILES string of the molecule is CC1(C)c2ccccc2-c2c(N(c3ccc4oc5ccccc5c4c3)c3ccc4c(c3)n3c5ccccc5c5ccc6c7ccccc7n4c6c53)cccc21. The Morgan fingerprint density at radius 1 is 0.436 bits per heavy atom. The smallest absolute Gasteiger partial charge is 0.135 e. The third kappa shape index (κ3) is 3.62. The first kappa shape index (κ1) is 29.4. The van der Waals surface area contributed by atoms with Gasteiger partial charge in [0.2, 0.25) is 0 Å². The number of rotatable bonds is 3. The molecule has 0 aliphatic heterocycles. The summed E-state index contributed by atoms with van der Waals surface area (Å²) in [5.74, 6) is 0. The van der Waals surface area contributed by atoms with Crippen molar-refractivity contribution in [2.75, 3.05) is 4.90 Å². The number of hydrogen-bond donors (Lipinski definition) is 0. The lowest BCUT2D eigenvalue weighted by Gasteiger charge is -2.29. The normalized spacial score (nSPS) is 13.8. The largest absolute Gasteiger partial charge is 0.456 e. The Hall–Kier alpha value is -7.04. The minimum absolute atomic E-state index is 0.131. The third-order valence-corrected chi connectivity index (χ3v) is 12.6. The predicted molar refractivity (Wildman–Crippen MR) is 229 cm³/mol. The molecule has 12 aromatic rings. The summed E-state index contributed by atoms with van der Waals surface area (Å²) in [6.45, 7) is 4.71. The van der Waals surface area contributed by atoms with E-state index in [0.29, 0.717) is 0 Å². The second kappa shape index (κ2) is 10.1. The molecule has 0 amide bonds. The molecule has 0 saturated carbocycles. The number of nitrogens with zero attached hydrogens (tertiary/aromatic N) is 3. The first-order valence-corrected chi connectivity index (χ1v) is 19.1. The topological polar surface area (TPSA) is 25.2 Å². The molecule has 4 heterocycles. The van der Waals surface area contributed by atoms with Gasteiger partial charge < -0.3 is 18.1 Å². The van der Waals surface area contributed by atoms with Crippen molar-refractivity contribution in [1.29, 1.82) is 0 Å². The molecule has 1 aliphatic rings. The fraction of sp³-hybridized carbons (Fsp3) is 0.0588. The van der Waals surface area contributed by atoms with Crippen LogP contribution >= 0.6 is 0 Å². The number of hydrogen-bond acceptors (Lipinski definition) is 2. The van der Waals surface area contributed by atoms with Gasteiger partial charge >= 0.3 is 0 Å². The van der Waals surface area contributed by atoms with Crippen LogP contribution in [-0.4, -0.2) is 8.80 Å². The van der Waals surface area contributed by atoms with E-state index in [1.807, 2.05) is 6.07 Å². The highest BCUT2D eigenvalue weighted by atomic mass is 16.3. The Morgan fingerprint density at radius 3 is 1.82 bits per heavy atom. The van der Waals surface area contributed by atoms with Crippen LogP contribution in [0.1, 0.15) is 25.0 Å². The van der Waals surface area contributed by atoms with Gasteiger partial charge in [0, 0.05) is 54.7 Å². The molecule has 55 heavy (non-hydrogen) atoms. The average Bonchev–Trinajstić information content (AvgIpc) is 3.94. The van der Waals surface area contributed by atoms with E-state index in [1.165, 1.54) is 71.4 Å². The zero-order chi connectivity index (χ0) is 36.2. The predicted octanol–water partition coefficient (Wildman–Crippen LogP) is 13.9. The van der Waals surface area contributed by atoms with Crippen LogP contribution in [0.4, 0.5) is 17.1 Å². The Labute approximate surface area is 316 Å². The summed E-state index contributed by atoms with van der Waals surface area (Å²) in [6, 6.07) is 60.3. The molecule has 0 radical (unpaired) electrons. The van der Waals surface area contributed by atoms with E-state index < -0.39 is 0 Å². The van der Waals surface area contributed by atoms with Crippen molar-refractivity contribution in [2.45, 2.75) is 19.3 Å². The second-order valence-electron chi connectivity index (χ2n) is 15.7. The van der Waals surface area contributed by atoms with Gasteiger partial charge in [-0.3, -0.25) is 0 Å². The summed E-state index contributed by atoms with van der Waals surface area (Å²) in [5.41, 5.74) is 17.6. The van der Waals surface area contributed by atoms with Crippen molar-refractivity contribution in [3.05, 3.63) is 175 Å². The van der Waals surface area contributed by atoms with Crippen molar-refractivity contribution in [2.24, 2.45) is 0 Å². The summed E-state index contributed by atoms with van der Waals surface area (Å²) in [4.78, 5) is 2.48. The van der Waals surface area contributed by atoms with Crippen LogP contribution in [0.5, 0.6) is 0 Å². The Balaban J connectivity index is 1.18. The number of fused-ring (bicyclic) bond motifs is 15. The van der Waals surface area contributed by atoms with E-state index in [-0.39, 0.29) is 5.41 Å². The van der Waals surface area contributed by atoms with E-state index in [2.05, 4.69) is 185 Å². The summed E-state index contributed by atoms with van der Waals surface area (Å²) < 4.78 is 11.4. The molecule has 4 heteroatoms. The highest BCUT2D eigenvalue weighted by Crippen LogP contribution is 2.54.